The third-order valence-corrected chi connectivity index (χ3v) is 9.34. The Hall–Kier alpha value is -1.93. The summed E-state index contributed by atoms with van der Waals surface area (Å²) in [5, 5.41) is 13.2. The molecule has 0 bridgehead atoms. The Bertz CT molecular complexity index is 895. The van der Waals surface area contributed by atoms with Crippen molar-refractivity contribution < 1.29 is 4.79 Å². The van der Waals surface area contributed by atoms with Gasteiger partial charge in [0.05, 0.1) is 12.5 Å². The van der Waals surface area contributed by atoms with Gasteiger partial charge in [-0.15, -0.1) is 0 Å². The molecule has 2 saturated carbocycles. The number of nitriles is 1. The van der Waals surface area contributed by atoms with E-state index in [4.69, 9.17) is 0 Å². The molecule has 1 unspecified atom stereocenters. The SMILES string of the molecule is C[C@]12CCCNCC1CC[C@@H]1[C@@H]2CC[C@]2(C)C(n3cncc3C#N)=C(C=O)C[C@@H]12. The number of aldehydes is 1. The average Bonchev–Trinajstić information content (AvgIpc) is 3.23. The molecular formula is C24H32N4O. The Kier molecular flexibility index (Phi) is 4.47. The van der Waals surface area contributed by atoms with Gasteiger partial charge in [-0.3, -0.25) is 9.36 Å². The second kappa shape index (κ2) is 6.80. The van der Waals surface area contributed by atoms with Gasteiger partial charge in [0, 0.05) is 16.7 Å². The number of aromatic nitrogens is 2. The van der Waals surface area contributed by atoms with Crippen LogP contribution in [0.1, 0.15) is 64.5 Å². The molecule has 0 aromatic carbocycles. The van der Waals surface area contributed by atoms with Gasteiger partial charge < -0.3 is 5.32 Å². The van der Waals surface area contributed by atoms with Gasteiger partial charge in [-0.1, -0.05) is 13.8 Å². The van der Waals surface area contributed by atoms with Crippen LogP contribution >= 0.6 is 0 Å². The Morgan fingerprint density at radius 2 is 2.14 bits per heavy atom. The van der Waals surface area contributed by atoms with Crippen LogP contribution in [0.3, 0.4) is 0 Å². The maximum absolute atomic E-state index is 12.1. The summed E-state index contributed by atoms with van der Waals surface area (Å²) in [6.07, 6.45) is 12.8. The van der Waals surface area contributed by atoms with Gasteiger partial charge in [-0.25, -0.2) is 4.98 Å². The molecule has 5 heteroatoms. The average molecular weight is 393 g/mol. The van der Waals surface area contributed by atoms with Crippen molar-refractivity contribution in [2.45, 2.75) is 58.8 Å². The molecule has 3 aliphatic carbocycles. The third kappa shape index (κ3) is 2.61. The first kappa shape index (κ1) is 19.1. The highest BCUT2D eigenvalue weighted by Gasteiger charge is 2.59. The molecule has 5 rings (SSSR count). The van der Waals surface area contributed by atoms with Gasteiger partial charge >= 0.3 is 0 Å². The van der Waals surface area contributed by atoms with E-state index in [1.54, 1.807) is 12.5 Å². The van der Waals surface area contributed by atoms with Crippen LogP contribution in [0.5, 0.6) is 0 Å². The Balaban J connectivity index is 1.53. The number of hydrogen-bond donors (Lipinski definition) is 1. The predicted molar refractivity (Wildman–Crippen MR) is 112 cm³/mol. The lowest BCUT2D eigenvalue weighted by molar-refractivity contribution is -0.105. The van der Waals surface area contributed by atoms with E-state index in [1.807, 2.05) is 4.57 Å². The van der Waals surface area contributed by atoms with E-state index in [0.29, 0.717) is 22.9 Å². The largest absolute Gasteiger partial charge is 0.316 e. The highest BCUT2D eigenvalue weighted by molar-refractivity contribution is 5.87. The molecule has 3 fully saturated rings. The number of allylic oxidation sites excluding steroid dienone is 2. The first-order valence-electron chi connectivity index (χ1n) is 11.4. The van der Waals surface area contributed by atoms with Crippen molar-refractivity contribution in [2.24, 2.45) is 34.5 Å². The van der Waals surface area contributed by atoms with Crippen molar-refractivity contribution in [3.63, 3.8) is 0 Å². The van der Waals surface area contributed by atoms with Crippen LogP contribution < -0.4 is 5.32 Å². The summed E-state index contributed by atoms with van der Waals surface area (Å²) in [5.41, 5.74) is 2.86. The lowest BCUT2D eigenvalue weighted by atomic mass is 9.47. The van der Waals surface area contributed by atoms with Crippen molar-refractivity contribution in [3.05, 3.63) is 23.8 Å². The maximum atomic E-state index is 12.1. The third-order valence-electron chi connectivity index (χ3n) is 9.34. The van der Waals surface area contributed by atoms with Gasteiger partial charge in [0.2, 0.25) is 0 Å². The molecule has 0 amide bonds. The van der Waals surface area contributed by atoms with E-state index in [9.17, 15) is 10.1 Å². The molecule has 0 radical (unpaired) electrons. The second-order valence-electron chi connectivity index (χ2n) is 10.4. The summed E-state index contributed by atoms with van der Waals surface area (Å²) >= 11 is 0. The molecule has 1 aromatic rings. The first-order valence-corrected chi connectivity index (χ1v) is 11.4. The zero-order chi connectivity index (χ0) is 20.2. The molecule has 1 aliphatic heterocycles. The number of nitrogens with one attached hydrogen (secondary N) is 1. The van der Waals surface area contributed by atoms with Crippen LogP contribution in [0.4, 0.5) is 0 Å². The first-order chi connectivity index (χ1) is 14.0. The van der Waals surface area contributed by atoms with Gasteiger partial charge in [-0.2, -0.15) is 5.26 Å². The van der Waals surface area contributed by atoms with Crippen molar-refractivity contribution in [2.75, 3.05) is 13.1 Å². The molecule has 6 atom stereocenters. The molecule has 0 spiro atoms. The lowest BCUT2D eigenvalue weighted by Crippen LogP contribution is -2.52. The van der Waals surface area contributed by atoms with Crippen LogP contribution in [0, 0.1) is 45.8 Å². The summed E-state index contributed by atoms with van der Waals surface area (Å²) in [6.45, 7) is 7.25. The number of rotatable bonds is 2. The zero-order valence-corrected chi connectivity index (χ0v) is 17.7. The number of carbonyl (C=O) groups is 1. The van der Waals surface area contributed by atoms with Gasteiger partial charge in [0.25, 0.3) is 0 Å². The fourth-order valence-electron chi connectivity index (χ4n) is 7.91. The molecule has 154 valence electrons. The number of nitrogens with zero attached hydrogens (tertiary/aromatic N) is 3. The minimum atomic E-state index is -0.0457. The van der Waals surface area contributed by atoms with Gasteiger partial charge in [-0.05, 0) is 87.1 Å². The van der Waals surface area contributed by atoms with E-state index < -0.39 is 0 Å². The topological polar surface area (TPSA) is 70.7 Å². The van der Waals surface area contributed by atoms with Gasteiger partial charge in [0.15, 0.2) is 0 Å². The zero-order valence-electron chi connectivity index (χ0n) is 17.7. The number of hydrogen-bond acceptors (Lipinski definition) is 4. The summed E-state index contributed by atoms with van der Waals surface area (Å²) in [4.78, 5) is 16.3. The maximum Gasteiger partial charge on any atom is 0.147 e. The lowest BCUT2D eigenvalue weighted by Gasteiger charge is -2.58. The normalized spacial score (nSPS) is 41.7. The Labute approximate surface area is 173 Å². The van der Waals surface area contributed by atoms with E-state index in [2.05, 4.69) is 30.2 Å². The standard InChI is InChI=1S/C24H32N4O/c1-23-7-3-9-26-12-17(23)4-5-19-20(23)6-8-24(2)21(19)10-16(14-29)22(24)28-15-27-13-18(28)11-25/h13-15,17,19-21,26H,3-10,12H2,1-2H3/t17?,19-,20+,21+,23+,24+/m1/s1. The highest BCUT2D eigenvalue weighted by atomic mass is 16.1. The van der Waals surface area contributed by atoms with E-state index >= 15 is 0 Å². The van der Waals surface area contributed by atoms with Crippen molar-refractivity contribution in [1.29, 1.82) is 5.26 Å². The second-order valence-corrected chi connectivity index (χ2v) is 10.4. The fraction of sp³-hybridized carbons (Fsp3) is 0.708. The van der Waals surface area contributed by atoms with Crippen LogP contribution in [-0.2, 0) is 4.79 Å². The van der Waals surface area contributed by atoms with E-state index in [0.717, 1.165) is 48.8 Å². The van der Waals surface area contributed by atoms with Crippen LogP contribution in [-0.4, -0.2) is 28.9 Å². The van der Waals surface area contributed by atoms with Crippen LogP contribution in [0.2, 0.25) is 0 Å². The van der Waals surface area contributed by atoms with Crippen LogP contribution in [0.15, 0.2) is 18.1 Å². The van der Waals surface area contributed by atoms with Crippen molar-refractivity contribution >= 4 is 12.0 Å². The van der Waals surface area contributed by atoms with Crippen molar-refractivity contribution in [1.82, 2.24) is 14.9 Å². The summed E-state index contributed by atoms with van der Waals surface area (Å²) in [5.74, 6) is 2.72. The number of carbonyl (C=O) groups excluding carboxylic acids is 1. The van der Waals surface area contributed by atoms with Crippen LogP contribution in [0.25, 0.3) is 5.70 Å². The van der Waals surface area contributed by atoms with Crippen molar-refractivity contribution in [3.8, 4) is 6.07 Å². The van der Waals surface area contributed by atoms with E-state index in [1.165, 1.54) is 38.6 Å². The minimum absolute atomic E-state index is 0.0457. The smallest absolute Gasteiger partial charge is 0.147 e. The molecular weight excluding hydrogens is 360 g/mol. The predicted octanol–water partition coefficient (Wildman–Crippen LogP) is 4.02. The molecule has 4 aliphatic rings. The highest BCUT2D eigenvalue weighted by Crippen LogP contribution is 2.66. The molecule has 1 saturated heterocycles. The molecule has 29 heavy (non-hydrogen) atoms. The monoisotopic (exact) mass is 392 g/mol. The molecule has 1 N–H and O–H groups in total. The van der Waals surface area contributed by atoms with E-state index in [-0.39, 0.29) is 5.41 Å². The molecule has 5 nitrogen and oxygen atoms in total. The summed E-state index contributed by atoms with van der Waals surface area (Å²) in [7, 11) is 0. The molecule has 1 aromatic heterocycles. The fourth-order valence-corrected chi connectivity index (χ4v) is 7.91. The van der Waals surface area contributed by atoms with Gasteiger partial charge in [0.1, 0.15) is 18.0 Å². The summed E-state index contributed by atoms with van der Waals surface area (Å²) in [6, 6.07) is 2.26. The summed E-state index contributed by atoms with van der Waals surface area (Å²) < 4.78 is 1.91. The number of fused-ring (bicyclic) bond motifs is 5. The Morgan fingerprint density at radius 1 is 1.28 bits per heavy atom. The Morgan fingerprint density at radius 3 is 2.93 bits per heavy atom. The quantitative estimate of drug-likeness (QED) is 0.772. The molecule has 2 heterocycles. The number of imidazole rings is 1. The minimum Gasteiger partial charge on any atom is -0.316 e.